The Labute approximate surface area is 124 Å². The van der Waals surface area contributed by atoms with E-state index in [0.29, 0.717) is 0 Å². The Morgan fingerprint density at radius 2 is 1.82 bits per heavy atom. The fourth-order valence-electron chi connectivity index (χ4n) is 1.55. The topological polar surface area (TPSA) is 92.7 Å². The first kappa shape index (κ1) is 17.5. The van der Waals surface area contributed by atoms with Crippen LogP contribution in [0.3, 0.4) is 0 Å². The molecular formula is C14H13F2O6-. The van der Waals surface area contributed by atoms with Crippen molar-refractivity contribution in [2.24, 2.45) is 0 Å². The number of carbonyl (C=O) groups excluding carboxylic acids is 3. The molecule has 1 aromatic carbocycles. The maximum atomic E-state index is 13.7. The molecule has 1 unspecified atom stereocenters. The molecule has 0 aromatic heterocycles. The molecular weight excluding hydrogens is 302 g/mol. The van der Waals surface area contributed by atoms with Crippen molar-refractivity contribution >= 4 is 17.9 Å². The van der Waals surface area contributed by atoms with Crippen molar-refractivity contribution in [1.82, 2.24) is 0 Å². The number of carbonyl (C=O) groups is 3. The number of carboxylic acid groups (broad SMARTS) is 1. The van der Waals surface area contributed by atoms with E-state index in [9.17, 15) is 28.3 Å². The van der Waals surface area contributed by atoms with Crippen LogP contribution in [-0.4, -0.2) is 30.4 Å². The van der Waals surface area contributed by atoms with Gasteiger partial charge in [-0.25, -0.2) is 0 Å². The molecule has 1 aromatic rings. The molecule has 0 heterocycles. The second-order valence-electron chi connectivity index (χ2n) is 4.28. The molecule has 0 aliphatic carbocycles. The number of carboxylic acids is 1. The van der Waals surface area contributed by atoms with Gasteiger partial charge in [0.2, 0.25) is 0 Å². The molecule has 0 bridgehead atoms. The molecule has 0 aliphatic rings. The smallest absolute Gasteiger partial charge is 0.327 e. The molecule has 8 heteroatoms. The number of ether oxygens (including phenoxy) is 2. The van der Waals surface area contributed by atoms with E-state index in [1.54, 1.807) is 0 Å². The van der Waals surface area contributed by atoms with Crippen molar-refractivity contribution < 1.29 is 37.7 Å². The highest BCUT2D eigenvalue weighted by Crippen LogP contribution is 2.34. The van der Waals surface area contributed by atoms with Gasteiger partial charge in [0.15, 0.2) is 6.10 Å². The van der Waals surface area contributed by atoms with E-state index in [4.69, 9.17) is 0 Å². The lowest BCUT2D eigenvalue weighted by molar-refractivity contribution is -0.337. The largest absolute Gasteiger partial charge is 0.544 e. The van der Waals surface area contributed by atoms with Gasteiger partial charge in [-0.3, -0.25) is 9.59 Å². The third-order valence-corrected chi connectivity index (χ3v) is 2.56. The van der Waals surface area contributed by atoms with Gasteiger partial charge in [-0.2, -0.15) is 8.78 Å². The Morgan fingerprint density at radius 1 is 1.23 bits per heavy atom. The molecule has 0 amide bonds. The van der Waals surface area contributed by atoms with E-state index in [1.165, 1.54) is 30.3 Å². The van der Waals surface area contributed by atoms with Gasteiger partial charge in [0.25, 0.3) is 0 Å². The molecule has 0 spiro atoms. The summed E-state index contributed by atoms with van der Waals surface area (Å²) in [4.78, 5) is 32.7. The third-order valence-electron chi connectivity index (χ3n) is 2.56. The second kappa shape index (κ2) is 7.48. The lowest BCUT2D eigenvalue weighted by atomic mass is 10.0. The predicted octanol–water partition coefficient (Wildman–Crippen LogP) is 0.609. The number of benzene rings is 1. The minimum atomic E-state index is -4.40. The quantitative estimate of drug-likeness (QED) is 0.684. The molecule has 1 rings (SSSR count). The number of hydrogen-bond acceptors (Lipinski definition) is 6. The van der Waals surface area contributed by atoms with Crippen LogP contribution < -0.4 is 5.11 Å². The summed E-state index contributed by atoms with van der Waals surface area (Å²) < 4.78 is 36.4. The summed E-state index contributed by atoms with van der Waals surface area (Å²) in [6.45, 7) is 0.759. The van der Waals surface area contributed by atoms with Crippen molar-refractivity contribution in [3.63, 3.8) is 0 Å². The van der Waals surface area contributed by atoms with Crippen LogP contribution in [-0.2, 0) is 23.9 Å². The Kier molecular flexibility index (Phi) is 5.97. The van der Waals surface area contributed by atoms with Gasteiger partial charge < -0.3 is 19.4 Å². The standard InChI is InChI=1S/C14H14F2O6/c1-9(17)21-8-7-11(18)22-12(14(15,16)13(19)20)10-5-3-2-4-6-10/h2-6,12H,7-8H2,1H3,(H,19,20)/p-1. The molecule has 0 saturated carbocycles. The van der Waals surface area contributed by atoms with Crippen molar-refractivity contribution in [3.05, 3.63) is 35.9 Å². The van der Waals surface area contributed by atoms with Crippen LogP contribution in [0.15, 0.2) is 30.3 Å². The molecule has 22 heavy (non-hydrogen) atoms. The van der Waals surface area contributed by atoms with Crippen LogP contribution in [0.1, 0.15) is 25.0 Å². The van der Waals surface area contributed by atoms with Crippen LogP contribution in [0.2, 0.25) is 0 Å². The van der Waals surface area contributed by atoms with Gasteiger partial charge in [0, 0.05) is 6.92 Å². The highest BCUT2D eigenvalue weighted by molar-refractivity contribution is 5.76. The first-order valence-electron chi connectivity index (χ1n) is 6.22. The molecule has 0 radical (unpaired) electrons. The summed E-state index contributed by atoms with van der Waals surface area (Å²) in [6, 6.07) is 6.70. The summed E-state index contributed by atoms with van der Waals surface area (Å²) in [7, 11) is 0. The molecule has 1 atom stereocenters. The van der Waals surface area contributed by atoms with Crippen molar-refractivity contribution in [2.75, 3.05) is 6.61 Å². The average Bonchev–Trinajstić information content (AvgIpc) is 2.45. The third kappa shape index (κ3) is 4.80. The molecule has 120 valence electrons. The predicted molar refractivity (Wildman–Crippen MR) is 66.5 cm³/mol. The van der Waals surface area contributed by atoms with Crippen molar-refractivity contribution in [3.8, 4) is 0 Å². The molecule has 0 N–H and O–H groups in total. The maximum Gasteiger partial charge on any atom is 0.327 e. The first-order chi connectivity index (χ1) is 10.2. The van der Waals surface area contributed by atoms with E-state index in [-0.39, 0.29) is 12.2 Å². The monoisotopic (exact) mass is 315 g/mol. The molecule has 0 aliphatic heterocycles. The number of aliphatic carboxylic acids is 1. The summed E-state index contributed by atoms with van der Waals surface area (Å²) in [6.07, 6.45) is -2.81. The zero-order valence-electron chi connectivity index (χ0n) is 11.6. The summed E-state index contributed by atoms with van der Waals surface area (Å²) in [5.41, 5.74) is -0.197. The molecule has 0 saturated heterocycles. The number of rotatable bonds is 7. The van der Waals surface area contributed by atoms with E-state index in [1.807, 2.05) is 0 Å². The number of esters is 2. The van der Waals surface area contributed by atoms with E-state index in [2.05, 4.69) is 9.47 Å². The van der Waals surface area contributed by atoms with Crippen LogP contribution in [0, 0.1) is 0 Å². The Bertz CT molecular complexity index is 544. The van der Waals surface area contributed by atoms with Gasteiger partial charge in [-0.05, 0) is 5.56 Å². The van der Waals surface area contributed by atoms with E-state index < -0.39 is 36.4 Å². The minimum absolute atomic E-state index is 0.197. The van der Waals surface area contributed by atoms with Crippen molar-refractivity contribution in [1.29, 1.82) is 0 Å². The lowest BCUT2D eigenvalue weighted by Gasteiger charge is -2.27. The van der Waals surface area contributed by atoms with Gasteiger partial charge in [-0.1, -0.05) is 30.3 Å². The normalized spacial score (nSPS) is 12.3. The Morgan fingerprint density at radius 3 is 2.32 bits per heavy atom. The highest BCUT2D eigenvalue weighted by atomic mass is 19.3. The fourth-order valence-corrected chi connectivity index (χ4v) is 1.55. The second-order valence-corrected chi connectivity index (χ2v) is 4.28. The Balaban J connectivity index is 2.86. The first-order valence-corrected chi connectivity index (χ1v) is 6.22. The highest BCUT2D eigenvalue weighted by Gasteiger charge is 2.45. The van der Waals surface area contributed by atoms with Gasteiger partial charge in [0.05, 0.1) is 6.42 Å². The van der Waals surface area contributed by atoms with Crippen LogP contribution in [0.25, 0.3) is 0 Å². The fraction of sp³-hybridized carbons (Fsp3) is 0.357. The average molecular weight is 315 g/mol. The van der Waals surface area contributed by atoms with Crippen LogP contribution in [0.5, 0.6) is 0 Å². The zero-order valence-corrected chi connectivity index (χ0v) is 11.6. The van der Waals surface area contributed by atoms with Gasteiger partial charge >= 0.3 is 17.9 Å². The molecule has 0 fully saturated rings. The summed E-state index contributed by atoms with van der Waals surface area (Å²) >= 11 is 0. The summed E-state index contributed by atoms with van der Waals surface area (Å²) in [5, 5.41) is 10.6. The number of halogens is 2. The van der Waals surface area contributed by atoms with Gasteiger partial charge in [0.1, 0.15) is 12.6 Å². The van der Waals surface area contributed by atoms with Crippen molar-refractivity contribution in [2.45, 2.75) is 25.4 Å². The van der Waals surface area contributed by atoms with E-state index in [0.717, 1.165) is 6.92 Å². The van der Waals surface area contributed by atoms with Crippen LogP contribution in [0.4, 0.5) is 8.78 Å². The van der Waals surface area contributed by atoms with Crippen LogP contribution >= 0.6 is 0 Å². The van der Waals surface area contributed by atoms with E-state index >= 15 is 0 Å². The molecule has 6 nitrogen and oxygen atoms in total. The summed E-state index contributed by atoms with van der Waals surface area (Å²) in [5.74, 6) is -8.84. The maximum absolute atomic E-state index is 13.7. The lowest BCUT2D eigenvalue weighted by Crippen LogP contribution is -2.47. The Hall–Kier alpha value is -2.51. The number of hydrogen-bond donors (Lipinski definition) is 0. The SMILES string of the molecule is CC(=O)OCCC(=O)OC(c1ccccc1)C(F)(F)C(=O)[O-]. The number of alkyl halides is 2. The minimum Gasteiger partial charge on any atom is -0.544 e. The zero-order chi connectivity index (χ0) is 16.8. The van der Waals surface area contributed by atoms with Gasteiger partial charge in [-0.15, -0.1) is 0 Å².